The highest BCUT2D eigenvalue weighted by molar-refractivity contribution is 4.60. The maximum Gasteiger partial charge on any atom is -0.0443 e. The van der Waals surface area contributed by atoms with Crippen LogP contribution in [0, 0.1) is 23.7 Å². The predicted molar refractivity (Wildman–Crippen MR) is 84.9 cm³/mol. The van der Waals surface area contributed by atoms with Gasteiger partial charge in [0.1, 0.15) is 0 Å². The second-order valence-electron chi connectivity index (χ2n) is 7.20. The van der Waals surface area contributed by atoms with Crippen molar-refractivity contribution in [2.75, 3.05) is 0 Å². The molecule has 0 aromatic heterocycles. The highest BCUT2D eigenvalue weighted by Gasteiger charge is 2.08. The molecule has 110 valence electrons. The quantitative estimate of drug-likeness (QED) is 0.385. The molecule has 0 aromatic rings. The van der Waals surface area contributed by atoms with Gasteiger partial charge in [0, 0.05) is 0 Å². The molecule has 0 aliphatic heterocycles. The molecule has 0 nitrogen and oxygen atoms in total. The summed E-state index contributed by atoms with van der Waals surface area (Å²) in [7, 11) is 0. The lowest BCUT2D eigenvalue weighted by molar-refractivity contribution is 0.366. The summed E-state index contributed by atoms with van der Waals surface area (Å²) in [5.41, 5.74) is 0. The zero-order valence-corrected chi connectivity index (χ0v) is 14.0. The van der Waals surface area contributed by atoms with Gasteiger partial charge in [-0.2, -0.15) is 0 Å². The van der Waals surface area contributed by atoms with Crippen LogP contribution in [0.1, 0.15) is 92.9 Å². The summed E-state index contributed by atoms with van der Waals surface area (Å²) in [6.07, 6.45) is 11.4. The molecule has 0 aliphatic rings. The van der Waals surface area contributed by atoms with Crippen LogP contribution < -0.4 is 0 Å². The third kappa shape index (κ3) is 11.1. The topological polar surface area (TPSA) is 0 Å². The van der Waals surface area contributed by atoms with Crippen LogP contribution >= 0.6 is 0 Å². The average Bonchev–Trinajstić information content (AvgIpc) is 2.33. The molecule has 0 aromatic carbocycles. The predicted octanol–water partition coefficient (Wildman–Crippen LogP) is 6.69. The normalized spacial score (nSPS) is 16.8. The minimum Gasteiger partial charge on any atom is -0.0651 e. The molecular formula is C18H38. The standard InChI is InChI=1S/C18H38/c1-7-16(4)13-14-18(6)10-8-9-17(5)12-11-15(2)3/h15-18H,7-14H2,1-6H3. The van der Waals surface area contributed by atoms with E-state index in [0.29, 0.717) is 0 Å². The van der Waals surface area contributed by atoms with E-state index >= 15 is 0 Å². The Morgan fingerprint density at radius 1 is 0.556 bits per heavy atom. The van der Waals surface area contributed by atoms with Crippen molar-refractivity contribution in [2.45, 2.75) is 92.9 Å². The molecule has 0 saturated carbocycles. The molecule has 18 heavy (non-hydrogen) atoms. The maximum absolute atomic E-state index is 2.45. The Morgan fingerprint density at radius 3 is 1.44 bits per heavy atom. The van der Waals surface area contributed by atoms with Gasteiger partial charge in [0.15, 0.2) is 0 Å². The van der Waals surface area contributed by atoms with Gasteiger partial charge in [0.25, 0.3) is 0 Å². The monoisotopic (exact) mass is 254 g/mol. The summed E-state index contributed by atoms with van der Waals surface area (Å²) < 4.78 is 0. The maximum atomic E-state index is 2.45. The van der Waals surface area contributed by atoms with Crippen molar-refractivity contribution in [3.05, 3.63) is 0 Å². The highest BCUT2D eigenvalue weighted by atomic mass is 14.1. The van der Waals surface area contributed by atoms with Gasteiger partial charge >= 0.3 is 0 Å². The van der Waals surface area contributed by atoms with E-state index in [4.69, 9.17) is 0 Å². The largest absolute Gasteiger partial charge is 0.0651 e. The van der Waals surface area contributed by atoms with Gasteiger partial charge in [0.05, 0.1) is 0 Å². The van der Waals surface area contributed by atoms with Gasteiger partial charge in [-0.3, -0.25) is 0 Å². The van der Waals surface area contributed by atoms with E-state index in [1.807, 2.05) is 0 Å². The smallest absolute Gasteiger partial charge is 0.0443 e. The van der Waals surface area contributed by atoms with Crippen LogP contribution in [0.3, 0.4) is 0 Å². The van der Waals surface area contributed by atoms with Crippen LogP contribution in [0.4, 0.5) is 0 Å². The molecule has 0 spiro atoms. The van der Waals surface area contributed by atoms with Crippen molar-refractivity contribution in [1.82, 2.24) is 0 Å². The van der Waals surface area contributed by atoms with E-state index in [1.54, 1.807) is 0 Å². The molecule has 0 heteroatoms. The molecule has 0 amide bonds. The van der Waals surface area contributed by atoms with Crippen molar-refractivity contribution >= 4 is 0 Å². The van der Waals surface area contributed by atoms with E-state index in [-0.39, 0.29) is 0 Å². The van der Waals surface area contributed by atoms with Crippen LogP contribution in [-0.2, 0) is 0 Å². The highest BCUT2D eigenvalue weighted by Crippen LogP contribution is 2.22. The summed E-state index contributed by atoms with van der Waals surface area (Å²) in [6, 6.07) is 0. The Kier molecular flexibility index (Phi) is 10.9. The average molecular weight is 255 g/mol. The van der Waals surface area contributed by atoms with Crippen molar-refractivity contribution in [3.8, 4) is 0 Å². The summed E-state index contributed by atoms with van der Waals surface area (Å²) in [5.74, 6) is 3.68. The molecule has 3 unspecified atom stereocenters. The second kappa shape index (κ2) is 10.9. The van der Waals surface area contributed by atoms with E-state index in [2.05, 4.69) is 41.5 Å². The zero-order valence-electron chi connectivity index (χ0n) is 14.0. The summed E-state index contributed by atoms with van der Waals surface area (Å²) in [5, 5.41) is 0. The zero-order chi connectivity index (χ0) is 14.0. The van der Waals surface area contributed by atoms with E-state index in [9.17, 15) is 0 Å². The molecule has 0 radical (unpaired) electrons. The first-order chi connectivity index (χ1) is 8.45. The number of rotatable bonds is 11. The Balaban J connectivity index is 3.46. The Hall–Kier alpha value is 0. The Labute approximate surface area is 117 Å². The molecule has 0 heterocycles. The molecular weight excluding hydrogens is 216 g/mol. The minimum absolute atomic E-state index is 0.877. The van der Waals surface area contributed by atoms with E-state index in [0.717, 1.165) is 23.7 Å². The van der Waals surface area contributed by atoms with Crippen LogP contribution in [0.15, 0.2) is 0 Å². The van der Waals surface area contributed by atoms with Gasteiger partial charge in [0.2, 0.25) is 0 Å². The van der Waals surface area contributed by atoms with Gasteiger partial charge in [-0.25, -0.2) is 0 Å². The molecule has 0 saturated heterocycles. The molecule has 0 rings (SSSR count). The van der Waals surface area contributed by atoms with Crippen LogP contribution in [0.25, 0.3) is 0 Å². The minimum atomic E-state index is 0.877. The van der Waals surface area contributed by atoms with Crippen molar-refractivity contribution in [2.24, 2.45) is 23.7 Å². The third-order valence-electron chi connectivity index (χ3n) is 4.48. The lowest BCUT2D eigenvalue weighted by atomic mass is 9.90. The van der Waals surface area contributed by atoms with Crippen LogP contribution in [-0.4, -0.2) is 0 Å². The van der Waals surface area contributed by atoms with Gasteiger partial charge in [-0.1, -0.05) is 92.9 Å². The fraction of sp³-hybridized carbons (Fsp3) is 1.00. The molecule has 0 aliphatic carbocycles. The first-order valence-electron chi connectivity index (χ1n) is 8.45. The first kappa shape index (κ1) is 18.0. The Morgan fingerprint density at radius 2 is 1.00 bits per heavy atom. The number of hydrogen-bond acceptors (Lipinski definition) is 0. The molecule has 0 N–H and O–H groups in total. The summed E-state index contributed by atoms with van der Waals surface area (Å²) in [4.78, 5) is 0. The molecule has 0 fully saturated rings. The van der Waals surface area contributed by atoms with E-state index < -0.39 is 0 Å². The van der Waals surface area contributed by atoms with E-state index in [1.165, 1.54) is 51.4 Å². The van der Waals surface area contributed by atoms with Gasteiger partial charge in [-0.05, 0) is 23.7 Å². The lowest BCUT2D eigenvalue weighted by Gasteiger charge is -2.16. The third-order valence-corrected chi connectivity index (χ3v) is 4.48. The van der Waals surface area contributed by atoms with Crippen molar-refractivity contribution in [1.29, 1.82) is 0 Å². The fourth-order valence-electron chi connectivity index (χ4n) is 2.49. The van der Waals surface area contributed by atoms with Crippen LogP contribution in [0.5, 0.6) is 0 Å². The Bertz CT molecular complexity index is 171. The summed E-state index contributed by atoms with van der Waals surface area (Å²) in [6.45, 7) is 14.3. The fourth-order valence-corrected chi connectivity index (χ4v) is 2.49. The van der Waals surface area contributed by atoms with Crippen molar-refractivity contribution in [3.63, 3.8) is 0 Å². The second-order valence-corrected chi connectivity index (χ2v) is 7.20. The SMILES string of the molecule is CCC(C)CCC(C)CCCC(C)CCC(C)C. The number of hydrogen-bond donors (Lipinski definition) is 0. The van der Waals surface area contributed by atoms with Crippen molar-refractivity contribution < 1.29 is 0 Å². The lowest BCUT2D eigenvalue weighted by Crippen LogP contribution is -2.02. The first-order valence-corrected chi connectivity index (χ1v) is 8.45. The molecule has 3 atom stereocenters. The van der Waals surface area contributed by atoms with Gasteiger partial charge in [-0.15, -0.1) is 0 Å². The molecule has 0 bridgehead atoms. The van der Waals surface area contributed by atoms with Gasteiger partial charge < -0.3 is 0 Å². The summed E-state index contributed by atoms with van der Waals surface area (Å²) >= 11 is 0. The van der Waals surface area contributed by atoms with Crippen LogP contribution in [0.2, 0.25) is 0 Å².